The van der Waals surface area contributed by atoms with E-state index in [1.54, 1.807) is 17.7 Å². The number of nitrogens with one attached hydrogen (secondary N) is 1. The highest BCUT2D eigenvalue weighted by molar-refractivity contribution is 7.18. The Morgan fingerprint density at radius 3 is 2.94 bits per heavy atom. The number of thiophene rings is 1. The van der Waals surface area contributed by atoms with Crippen molar-refractivity contribution in [1.29, 1.82) is 0 Å². The summed E-state index contributed by atoms with van der Waals surface area (Å²) in [4.78, 5) is 11.1. The van der Waals surface area contributed by atoms with Crippen LogP contribution >= 0.6 is 11.3 Å². The summed E-state index contributed by atoms with van der Waals surface area (Å²) >= 11 is 1.73. The maximum Gasteiger partial charge on any atom is 0.138 e. The molecule has 0 aromatic carbocycles. The molecule has 1 aliphatic rings. The smallest absolute Gasteiger partial charge is 0.138 e. The van der Waals surface area contributed by atoms with Crippen molar-refractivity contribution in [2.45, 2.75) is 38.6 Å². The SMILES string of the molecule is Cc1cc2c(NC3CCCC3)ncnc2s1. The van der Waals surface area contributed by atoms with Gasteiger partial charge in [-0.1, -0.05) is 12.8 Å². The fourth-order valence-electron chi connectivity index (χ4n) is 2.35. The summed E-state index contributed by atoms with van der Waals surface area (Å²) in [6.45, 7) is 2.12. The Bertz CT molecular complexity index is 500. The van der Waals surface area contributed by atoms with E-state index in [2.05, 4.69) is 28.3 Å². The average Bonchev–Trinajstić information content (AvgIpc) is 2.86. The van der Waals surface area contributed by atoms with Gasteiger partial charge in [0.1, 0.15) is 17.0 Å². The summed E-state index contributed by atoms with van der Waals surface area (Å²) < 4.78 is 0. The van der Waals surface area contributed by atoms with E-state index in [1.165, 1.54) is 35.9 Å². The summed E-state index contributed by atoms with van der Waals surface area (Å²) in [6.07, 6.45) is 6.89. The molecule has 2 heterocycles. The van der Waals surface area contributed by atoms with Crippen LogP contribution < -0.4 is 5.32 Å². The van der Waals surface area contributed by atoms with Gasteiger partial charge in [0.2, 0.25) is 0 Å². The van der Waals surface area contributed by atoms with Crippen molar-refractivity contribution in [3.8, 4) is 0 Å². The summed E-state index contributed by atoms with van der Waals surface area (Å²) in [5, 5.41) is 4.73. The van der Waals surface area contributed by atoms with Crippen LogP contribution in [0, 0.1) is 6.92 Å². The van der Waals surface area contributed by atoms with Crippen molar-refractivity contribution >= 4 is 27.4 Å². The maximum atomic E-state index is 4.37. The Hall–Kier alpha value is -1.16. The van der Waals surface area contributed by atoms with Gasteiger partial charge in [-0.3, -0.25) is 0 Å². The van der Waals surface area contributed by atoms with Crippen molar-refractivity contribution in [1.82, 2.24) is 9.97 Å². The molecule has 84 valence electrons. The minimum atomic E-state index is 0.610. The summed E-state index contributed by atoms with van der Waals surface area (Å²) in [7, 11) is 0. The normalized spacial score (nSPS) is 17.1. The lowest BCUT2D eigenvalue weighted by atomic mass is 10.2. The van der Waals surface area contributed by atoms with Crippen molar-refractivity contribution in [2.24, 2.45) is 0 Å². The Balaban J connectivity index is 1.95. The number of hydrogen-bond acceptors (Lipinski definition) is 4. The topological polar surface area (TPSA) is 37.8 Å². The molecular formula is C12H15N3S. The van der Waals surface area contributed by atoms with E-state index in [4.69, 9.17) is 0 Å². The Morgan fingerprint density at radius 1 is 1.31 bits per heavy atom. The Labute approximate surface area is 98.9 Å². The summed E-state index contributed by atoms with van der Waals surface area (Å²) in [6, 6.07) is 2.79. The van der Waals surface area contributed by atoms with Crippen LogP contribution in [-0.2, 0) is 0 Å². The molecule has 16 heavy (non-hydrogen) atoms. The standard InChI is InChI=1S/C12H15N3S/c1-8-6-10-11(13-7-14-12(10)16-8)15-9-4-2-3-5-9/h6-7,9H,2-5H2,1H3,(H,13,14,15). The van der Waals surface area contributed by atoms with E-state index in [-0.39, 0.29) is 0 Å². The first-order valence-corrected chi connectivity index (χ1v) is 6.62. The highest BCUT2D eigenvalue weighted by atomic mass is 32.1. The number of aryl methyl sites for hydroxylation is 1. The van der Waals surface area contributed by atoms with Crippen molar-refractivity contribution in [2.75, 3.05) is 5.32 Å². The molecule has 0 amide bonds. The quantitative estimate of drug-likeness (QED) is 0.864. The first-order valence-electron chi connectivity index (χ1n) is 5.80. The molecular weight excluding hydrogens is 218 g/mol. The Kier molecular flexibility index (Phi) is 2.52. The highest BCUT2D eigenvalue weighted by Gasteiger charge is 2.16. The molecule has 0 unspecified atom stereocenters. The molecule has 1 fully saturated rings. The molecule has 4 heteroatoms. The third kappa shape index (κ3) is 1.78. The van der Waals surface area contributed by atoms with Crippen LogP contribution in [-0.4, -0.2) is 16.0 Å². The van der Waals surface area contributed by atoms with Gasteiger partial charge in [0.05, 0.1) is 5.39 Å². The molecule has 2 aromatic heterocycles. The molecule has 0 bridgehead atoms. The zero-order chi connectivity index (χ0) is 11.0. The van der Waals surface area contributed by atoms with Gasteiger partial charge in [0.15, 0.2) is 0 Å². The third-order valence-electron chi connectivity index (χ3n) is 3.15. The lowest BCUT2D eigenvalue weighted by Crippen LogP contribution is -2.15. The molecule has 3 nitrogen and oxygen atoms in total. The molecule has 3 rings (SSSR count). The second-order valence-corrected chi connectivity index (χ2v) is 5.66. The lowest BCUT2D eigenvalue weighted by molar-refractivity contribution is 0.751. The predicted molar refractivity (Wildman–Crippen MR) is 68.0 cm³/mol. The number of fused-ring (bicyclic) bond motifs is 1. The molecule has 0 saturated heterocycles. The van der Waals surface area contributed by atoms with Crippen molar-refractivity contribution in [3.05, 3.63) is 17.3 Å². The molecule has 0 aliphatic heterocycles. The number of anilines is 1. The van der Waals surface area contributed by atoms with Crippen LogP contribution in [0.1, 0.15) is 30.6 Å². The highest BCUT2D eigenvalue weighted by Crippen LogP contribution is 2.29. The van der Waals surface area contributed by atoms with E-state index < -0.39 is 0 Å². The van der Waals surface area contributed by atoms with Crippen LogP contribution in [0.25, 0.3) is 10.2 Å². The molecule has 1 N–H and O–H groups in total. The van der Waals surface area contributed by atoms with Crippen LogP contribution in [0.15, 0.2) is 12.4 Å². The second-order valence-electron chi connectivity index (χ2n) is 4.42. The van der Waals surface area contributed by atoms with E-state index in [9.17, 15) is 0 Å². The monoisotopic (exact) mass is 233 g/mol. The average molecular weight is 233 g/mol. The largest absolute Gasteiger partial charge is 0.367 e. The second kappa shape index (κ2) is 4.01. The van der Waals surface area contributed by atoms with Crippen LogP contribution in [0.3, 0.4) is 0 Å². The van der Waals surface area contributed by atoms with E-state index in [0.29, 0.717) is 6.04 Å². The van der Waals surface area contributed by atoms with Gasteiger partial charge in [-0.05, 0) is 25.8 Å². The van der Waals surface area contributed by atoms with E-state index >= 15 is 0 Å². The predicted octanol–water partition coefficient (Wildman–Crippen LogP) is 3.35. The van der Waals surface area contributed by atoms with Crippen molar-refractivity contribution in [3.63, 3.8) is 0 Å². The molecule has 0 radical (unpaired) electrons. The zero-order valence-electron chi connectivity index (χ0n) is 9.36. The molecule has 2 aromatic rings. The first kappa shape index (κ1) is 10.0. The molecule has 0 atom stereocenters. The van der Waals surface area contributed by atoms with Crippen LogP contribution in [0.2, 0.25) is 0 Å². The minimum Gasteiger partial charge on any atom is -0.367 e. The summed E-state index contributed by atoms with van der Waals surface area (Å²) in [5.41, 5.74) is 0. The van der Waals surface area contributed by atoms with E-state index in [0.717, 1.165) is 10.6 Å². The van der Waals surface area contributed by atoms with Gasteiger partial charge in [-0.2, -0.15) is 0 Å². The van der Waals surface area contributed by atoms with Crippen LogP contribution in [0.4, 0.5) is 5.82 Å². The van der Waals surface area contributed by atoms with Gasteiger partial charge < -0.3 is 5.32 Å². The fraction of sp³-hybridized carbons (Fsp3) is 0.500. The lowest BCUT2D eigenvalue weighted by Gasteiger charge is -2.12. The number of hydrogen-bond donors (Lipinski definition) is 1. The molecule has 0 spiro atoms. The number of aromatic nitrogens is 2. The number of nitrogens with zero attached hydrogens (tertiary/aromatic N) is 2. The Morgan fingerprint density at radius 2 is 2.12 bits per heavy atom. The van der Waals surface area contributed by atoms with E-state index in [1.807, 2.05) is 0 Å². The number of rotatable bonds is 2. The third-order valence-corrected chi connectivity index (χ3v) is 4.11. The molecule has 1 saturated carbocycles. The van der Waals surface area contributed by atoms with Gasteiger partial charge in [-0.15, -0.1) is 11.3 Å². The summed E-state index contributed by atoms with van der Waals surface area (Å²) in [5.74, 6) is 1.02. The van der Waals surface area contributed by atoms with Gasteiger partial charge in [-0.25, -0.2) is 9.97 Å². The van der Waals surface area contributed by atoms with Crippen molar-refractivity contribution < 1.29 is 0 Å². The van der Waals surface area contributed by atoms with Crippen LogP contribution in [0.5, 0.6) is 0 Å². The minimum absolute atomic E-state index is 0.610. The molecule has 1 aliphatic carbocycles. The van der Waals surface area contributed by atoms with Gasteiger partial charge in [0.25, 0.3) is 0 Å². The fourth-order valence-corrected chi connectivity index (χ4v) is 3.20. The maximum absolute atomic E-state index is 4.37. The first-order chi connectivity index (χ1) is 7.83. The van der Waals surface area contributed by atoms with Gasteiger partial charge >= 0.3 is 0 Å². The zero-order valence-corrected chi connectivity index (χ0v) is 10.2. The van der Waals surface area contributed by atoms with Gasteiger partial charge in [0, 0.05) is 10.9 Å².